The second kappa shape index (κ2) is 3.07. The molecular weight excluding hydrogens is 208 g/mol. The molecule has 0 aliphatic carbocycles. The quantitative estimate of drug-likeness (QED) is 0.652. The third kappa shape index (κ3) is 1.11. The van der Waals surface area contributed by atoms with E-state index in [0.29, 0.717) is 6.29 Å². The van der Waals surface area contributed by atoms with Crippen LogP contribution in [-0.4, -0.2) is 35.0 Å². The summed E-state index contributed by atoms with van der Waals surface area (Å²) in [7, 11) is 0. The van der Waals surface area contributed by atoms with Gasteiger partial charge in [0.1, 0.15) is 17.0 Å². The number of carbonyl (C=O) groups is 2. The predicted octanol–water partition coefficient (Wildman–Crippen LogP) is 0.202. The fourth-order valence-corrected chi connectivity index (χ4v) is 2.09. The fraction of sp³-hybridized carbons (Fsp3) is 0.250. The Bertz CT molecular complexity index is 408. The molecule has 0 saturated carbocycles. The number of aliphatic hydroxyl groups is 1. The summed E-state index contributed by atoms with van der Waals surface area (Å²) in [6.07, 6.45) is -0.816. The average Bonchev–Trinajstić information content (AvgIpc) is 2.50. The van der Waals surface area contributed by atoms with Crippen LogP contribution in [0.3, 0.4) is 0 Å². The first kappa shape index (κ1) is 9.17. The average molecular weight is 214 g/mol. The number of aromatic hydroxyl groups is 1. The van der Waals surface area contributed by atoms with E-state index in [1.54, 1.807) is 0 Å². The number of ketones is 1. The number of aliphatic hydroxyl groups excluding tert-OH is 1. The molecule has 2 heterocycles. The molecule has 0 aromatic carbocycles. The summed E-state index contributed by atoms with van der Waals surface area (Å²) in [5.74, 6) is -1.00. The molecule has 1 aliphatic heterocycles. The molecule has 6 heteroatoms. The van der Waals surface area contributed by atoms with Crippen LogP contribution in [0.5, 0.6) is 10.8 Å². The Morgan fingerprint density at radius 1 is 1.57 bits per heavy atom. The lowest BCUT2D eigenvalue weighted by Gasteiger charge is -2.16. The van der Waals surface area contributed by atoms with Gasteiger partial charge in [0.2, 0.25) is 5.78 Å². The Hall–Kier alpha value is -1.40. The SMILES string of the molecule is O=Cc1sc2c(c1O)C(=O)C(O)CO2. The molecule has 0 spiro atoms. The first-order chi connectivity index (χ1) is 6.65. The zero-order valence-corrected chi connectivity index (χ0v) is 7.71. The van der Waals surface area contributed by atoms with Crippen LogP contribution >= 0.6 is 11.3 Å². The Morgan fingerprint density at radius 2 is 2.29 bits per heavy atom. The van der Waals surface area contributed by atoms with E-state index in [1.807, 2.05) is 0 Å². The van der Waals surface area contributed by atoms with E-state index in [-0.39, 0.29) is 22.1 Å². The van der Waals surface area contributed by atoms with Crippen molar-refractivity contribution in [2.24, 2.45) is 0 Å². The van der Waals surface area contributed by atoms with Crippen LogP contribution in [0, 0.1) is 0 Å². The second-order valence-electron chi connectivity index (χ2n) is 2.79. The van der Waals surface area contributed by atoms with Gasteiger partial charge in [-0.25, -0.2) is 0 Å². The molecule has 1 aromatic heterocycles. The third-order valence-electron chi connectivity index (χ3n) is 1.91. The van der Waals surface area contributed by atoms with Crippen molar-refractivity contribution in [3.63, 3.8) is 0 Å². The summed E-state index contributed by atoms with van der Waals surface area (Å²) in [4.78, 5) is 21.9. The summed E-state index contributed by atoms with van der Waals surface area (Å²) >= 11 is 0.896. The Labute approximate surface area is 82.6 Å². The van der Waals surface area contributed by atoms with Gasteiger partial charge in [0, 0.05) is 0 Å². The van der Waals surface area contributed by atoms with Crippen LogP contribution in [0.25, 0.3) is 0 Å². The molecule has 0 radical (unpaired) electrons. The number of Topliss-reactive ketones (excluding diaryl/α,β-unsaturated/α-hetero) is 1. The summed E-state index contributed by atoms with van der Waals surface area (Å²) in [5.41, 5.74) is -0.0872. The summed E-state index contributed by atoms with van der Waals surface area (Å²) < 4.78 is 5.00. The van der Waals surface area contributed by atoms with Crippen LogP contribution in [0.2, 0.25) is 0 Å². The van der Waals surface area contributed by atoms with Gasteiger partial charge in [0.15, 0.2) is 23.2 Å². The van der Waals surface area contributed by atoms with E-state index < -0.39 is 17.6 Å². The standard InChI is InChI=1S/C8H6O5S/c9-1-4-7(12)5-6(11)3(10)2-13-8(5)14-4/h1,3,10,12H,2H2. The van der Waals surface area contributed by atoms with E-state index in [1.165, 1.54) is 0 Å². The lowest BCUT2D eigenvalue weighted by atomic mass is 10.1. The van der Waals surface area contributed by atoms with Gasteiger partial charge in [0.25, 0.3) is 0 Å². The number of thiophene rings is 1. The van der Waals surface area contributed by atoms with Gasteiger partial charge in [0.05, 0.1) is 0 Å². The van der Waals surface area contributed by atoms with Gasteiger partial charge in [-0.1, -0.05) is 11.3 Å². The first-order valence-electron chi connectivity index (χ1n) is 3.81. The largest absolute Gasteiger partial charge is 0.505 e. The highest BCUT2D eigenvalue weighted by molar-refractivity contribution is 7.16. The first-order valence-corrected chi connectivity index (χ1v) is 4.62. The molecule has 1 aliphatic rings. The molecule has 0 saturated heterocycles. The van der Waals surface area contributed by atoms with Gasteiger partial charge in [-0.3, -0.25) is 9.59 Å². The molecule has 14 heavy (non-hydrogen) atoms. The van der Waals surface area contributed by atoms with E-state index in [4.69, 9.17) is 9.84 Å². The predicted molar refractivity (Wildman–Crippen MR) is 47.2 cm³/mol. The van der Waals surface area contributed by atoms with Gasteiger partial charge < -0.3 is 14.9 Å². The second-order valence-corrected chi connectivity index (χ2v) is 3.80. The molecule has 1 unspecified atom stereocenters. The zero-order valence-electron chi connectivity index (χ0n) is 6.89. The van der Waals surface area contributed by atoms with Gasteiger partial charge in [-0.05, 0) is 0 Å². The smallest absolute Gasteiger partial charge is 0.203 e. The molecule has 2 N–H and O–H groups in total. The van der Waals surface area contributed by atoms with E-state index in [0.717, 1.165) is 11.3 Å². The van der Waals surface area contributed by atoms with Crippen LogP contribution in [-0.2, 0) is 0 Å². The monoisotopic (exact) mass is 214 g/mol. The highest BCUT2D eigenvalue weighted by Crippen LogP contribution is 2.42. The molecule has 1 atom stereocenters. The van der Waals surface area contributed by atoms with Crippen molar-refractivity contribution in [1.29, 1.82) is 0 Å². The topological polar surface area (TPSA) is 83.8 Å². The number of hydrogen-bond donors (Lipinski definition) is 2. The Morgan fingerprint density at radius 3 is 2.93 bits per heavy atom. The molecule has 1 aromatic rings. The number of hydrogen-bond acceptors (Lipinski definition) is 6. The van der Waals surface area contributed by atoms with Crippen molar-refractivity contribution in [2.45, 2.75) is 6.10 Å². The summed E-state index contributed by atoms with van der Waals surface area (Å²) in [6.45, 7) is -0.135. The zero-order chi connectivity index (χ0) is 10.3. The maximum absolute atomic E-state index is 11.4. The number of rotatable bonds is 1. The molecule has 0 fully saturated rings. The maximum Gasteiger partial charge on any atom is 0.203 e. The van der Waals surface area contributed by atoms with Gasteiger partial charge >= 0.3 is 0 Å². The molecular formula is C8H6O5S. The fourth-order valence-electron chi connectivity index (χ4n) is 1.21. The van der Waals surface area contributed by atoms with Crippen LogP contribution in [0.1, 0.15) is 20.0 Å². The summed E-state index contributed by atoms with van der Waals surface area (Å²) in [5, 5.41) is 18.8. The van der Waals surface area contributed by atoms with Crippen molar-refractivity contribution in [2.75, 3.05) is 6.61 Å². The third-order valence-corrected chi connectivity index (χ3v) is 2.92. The van der Waals surface area contributed by atoms with E-state index in [9.17, 15) is 14.7 Å². The minimum atomic E-state index is -1.26. The Balaban J connectivity index is 2.59. The number of ether oxygens (including phenoxy) is 1. The van der Waals surface area contributed by atoms with Gasteiger partial charge in [-0.2, -0.15) is 0 Å². The highest BCUT2D eigenvalue weighted by atomic mass is 32.1. The van der Waals surface area contributed by atoms with Crippen molar-refractivity contribution < 1.29 is 24.5 Å². The van der Waals surface area contributed by atoms with Gasteiger partial charge in [-0.15, -0.1) is 0 Å². The minimum absolute atomic E-state index is 0.0393. The number of fused-ring (bicyclic) bond motifs is 1. The summed E-state index contributed by atoms with van der Waals surface area (Å²) in [6, 6.07) is 0. The Kier molecular flexibility index (Phi) is 2.01. The van der Waals surface area contributed by atoms with Crippen LogP contribution in [0.15, 0.2) is 0 Å². The van der Waals surface area contributed by atoms with E-state index in [2.05, 4.69) is 0 Å². The van der Waals surface area contributed by atoms with Crippen molar-refractivity contribution in [3.05, 3.63) is 10.4 Å². The lowest BCUT2D eigenvalue weighted by Crippen LogP contribution is -2.31. The normalized spacial score (nSPS) is 20.1. The highest BCUT2D eigenvalue weighted by Gasteiger charge is 2.33. The molecule has 74 valence electrons. The number of carbonyl (C=O) groups excluding carboxylic acids is 2. The van der Waals surface area contributed by atoms with Crippen molar-refractivity contribution in [3.8, 4) is 10.8 Å². The van der Waals surface area contributed by atoms with Crippen molar-refractivity contribution >= 4 is 23.4 Å². The molecule has 0 amide bonds. The number of aldehydes is 1. The van der Waals surface area contributed by atoms with Crippen LogP contribution in [0.4, 0.5) is 0 Å². The minimum Gasteiger partial charge on any atom is -0.505 e. The molecule has 5 nitrogen and oxygen atoms in total. The van der Waals surface area contributed by atoms with Crippen molar-refractivity contribution in [1.82, 2.24) is 0 Å². The van der Waals surface area contributed by atoms with Crippen LogP contribution < -0.4 is 4.74 Å². The maximum atomic E-state index is 11.4. The molecule has 2 rings (SSSR count). The molecule has 0 bridgehead atoms. The lowest BCUT2D eigenvalue weighted by molar-refractivity contribution is 0.0564. The van der Waals surface area contributed by atoms with E-state index >= 15 is 0 Å².